The van der Waals surface area contributed by atoms with Gasteiger partial charge in [-0.3, -0.25) is 4.90 Å². The monoisotopic (exact) mass is 391 g/mol. The number of benzene rings is 1. The molecule has 154 valence electrons. The van der Waals surface area contributed by atoms with E-state index >= 15 is 0 Å². The zero-order chi connectivity index (χ0) is 19.8. The summed E-state index contributed by atoms with van der Waals surface area (Å²) in [6, 6.07) is 4.73. The molecule has 8 heteroatoms. The maximum absolute atomic E-state index is 14.9. The Morgan fingerprint density at radius 3 is 2.64 bits per heavy atom. The minimum atomic E-state index is -0.471. The number of anilines is 2. The highest BCUT2D eigenvalue weighted by Crippen LogP contribution is 2.31. The van der Waals surface area contributed by atoms with Crippen LogP contribution in [0.2, 0.25) is 0 Å². The van der Waals surface area contributed by atoms with Crippen LogP contribution in [0.15, 0.2) is 18.2 Å². The molecule has 2 saturated heterocycles. The van der Waals surface area contributed by atoms with Crippen LogP contribution in [0.4, 0.5) is 20.6 Å². The number of ether oxygens (including phenoxy) is 1. The zero-order valence-electron chi connectivity index (χ0n) is 16.7. The van der Waals surface area contributed by atoms with E-state index in [-0.39, 0.29) is 18.0 Å². The number of nitrogens with two attached hydrogens (primary N) is 1. The average Bonchev–Trinajstić information content (AvgIpc) is 3.42. The molecule has 1 aromatic carbocycles. The predicted octanol–water partition coefficient (Wildman–Crippen LogP) is 1.88. The minimum Gasteiger partial charge on any atom is -0.442 e. The Kier molecular flexibility index (Phi) is 5.44. The molecule has 1 aromatic rings. The van der Waals surface area contributed by atoms with Crippen molar-refractivity contribution >= 4 is 17.5 Å². The van der Waals surface area contributed by atoms with E-state index in [2.05, 4.69) is 22.0 Å². The quantitative estimate of drug-likeness (QED) is 0.827. The summed E-state index contributed by atoms with van der Waals surface area (Å²) in [5, 5.41) is 4.65. The number of halogens is 1. The summed E-state index contributed by atoms with van der Waals surface area (Å²) in [7, 11) is 2.11. The lowest BCUT2D eigenvalue weighted by Crippen LogP contribution is -2.41. The highest BCUT2D eigenvalue weighted by molar-refractivity contribution is 5.90. The van der Waals surface area contributed by atoms with E-state index in [0.717, 1.165) is 38.6 Å². The van der Waals surface area contributed by atoms with Crippen molar-refractivity contribution in [2.45, 2.75) is 31.9 Å². The molecule has 3 fully saturated rings. The Hall–Kier alpha value is -1.90. The Bertz CT molecular complexity index is 727. The molecule has 0 spiro atoms. The summed E-state index contributed by atoms with van der Waals surface area (Å²) in [5.74, 6) is 0.512. The Morgan fingerprint density at radius 2 is 2.00 bits per heavy atom. The van der Waals surface area contributed by atoms with Gasteiger partial charge in [-0.25, -0.2) is 19.2 Å². The van der Waals surface area contributed by atoms with E-state index in [1.165, 1.54) is 23.8 Å². The molecule has 2 N–H and O–H groups in total. The maximum Gasteiger partial charge on any atom is 0.414 e. The highest BCUT2D eigenvalue weighted by atomic mass is 19.1. The Morgan fingerprint density at radius 1 is 1.25 bits per heavy atom. The number of hydrazine groups is 1. The lowest BCUT2D eigenvalue weighted by molar-refractivity contribution is 0.00985. The van der Waals surface area contributed by atoms with Gasteiger partial charge < -0.3 is 15.4 Å². The summed E-state index contributed by atoms with van der Waals surface area (Å²) in [6.07, 6.45) is 1.81. The maximum atomic E-state index is 14.9. The molecule has 2 atom stereocenters. The first kappa shape index (κ1) is 19.4. The Labute approximate surface area is 165 Å². The van der Waals surface area contributed by atoms with E-state index in [4.69, 9.17) is 10.5 Å². The molecule has 2 heterocycles. The van der Waals surface area contributed by atoms with Crippen molar-refractivity contribution in [3.05, 3.63) is 24.0 Å². The fraction of sp³-hybridized carbons (Fsp3) is 0.650. The zero-order valence-corrected chi connectivity index (χ0v) is 16.7. The van der Waals surface area contributed by atoms with E-state index in [9.17, 15) is 9.18 Å². The van der Waals surface area contributed by atoms with Crippen molar-refractivity contribution in [2.75, 3.05) is 56.1 Å². The van der Waals surface area contributed by atoms with Crippen LogP contribution in [0, 0.1) is 11.7 Å². The van der Waals surface area contributed by atoms with Gasteiger partial charge in [0.1, 0.15) is 11.9 Å². The molecule has 1 saturated carbocycles. The number of carbonyl (C=O) groups is 1. The van der Waals surface area contributed by atoms with Crippen LogP contribution in [0.1, 0.15) is 19.8 Å². The summed E-state index contributed by atoms with van der Waals surface area (Å²) >= 11 is 0. The molecule has 4 rings (SSSR count). The van der Waals surface area contributed by atoms with Gasteiger partial charge in [-0.2, -0.15) is 0 Å². The number of amides is 1. The van der Waals surface area contributed by atoms with Gasteiger partial charge in [0.2, 0.25) is 0 Å². The largest absolute Gasteiger partial charge is 0.442 e. The number of hydrogen-bond acceptors (Lipinski definition) is 6. The molecule has 7 nitrogen and oxygen atoms in total. The fourth-order valence-electron chi connectivity index (χ4n) is 3.88. The number of carbonyl (C=O) groups excluding carboxylic acids is 1. The standard InChI is InChI=1S/C20H30FN5O2/c1-14(22)19-13-26(20(27)28-19)16-5-6-18(17(21)11-16)24-8-7-23(2)25(10-9-24)12-15-3-4-15/h5-6,11,14-15,19H,3-4,7-10,12-13,22H2,1-2H3/t14-,19?/m0/s1. The second-order valence-corrected chi connectivity index (χ2v) is 8.25. The van der Waals surface area contributed by atoms with Crippen molar-refractivity contribution in [3.8, 4) is 0 Å². The minimum absolute atomic E-state index is 0.259. The van der Waals surface area contributed by atoms with Gasteiger partial charge in [0.05, 0.1) is 17.9 Å². The molecular formula is C20H30FN5O2. The normalized spacial score (nSPS) is 25.7. The van der Waals surface area contributed by atoms with Gasteiger partial charge >= 0.3 is 6.09 Å². The third kappa shape index (κ3) is 4.09. The number of hydrogen-bond donors (Lipinski definition) is 1. The molecular weight excluding hydrogens is 361 g/mol. The molecule has 1 unspecified atom stereocenters. The van der Waals surface area contributed by atoms with E-state index in [0.29, 0.717) is 17.9 Å². The van der Waals surface area contributed by atoms with Crippen molar-refractivity contribution in [2.24, 2.45) is 11.7 Å². The smallest absolute Gasteiger partial charge is 0.414 e. The van der Waals surface area contributed by atoms with E-state index in [1.807, 2.05) is 0 Å². The molecule has 0 bridgehead atoms. The van der Waals surface area contributed by atoms with Crippen molar-refractivity contribution < 1.29 is 13.9 Å². The van der Waals surface area contributed by atoms with Gasteiger partial charge in [0.25, 0.3) is 0 Å². The summed E-state index contributed by atoms with van der Waals surface area (Å²) < 4.78 is 20.2. The molecule has 2 aliphatic heterocycles. The van der Waals surface area contributed by atoms with E-state index < -0.39 is 6.09 Å². The van der Waals surface area contributed by atoms with Gasteiger partial charge in [0, 0.05) is 45.8 Å². The van der Waals surface area contributed by atoms with Gasteiger partial charge in [-0.05, 0) is 43.9 Å². The van der Waals surface area contributed by atoms with Crippen molar-refractivity contribution in [1.29, 1.82) is 0 Å². The lowest BCUT2D eigenvalue weighted by Gasteiger charge is -2.29. The predicted molar refractivity (Wildman–Crippen MR) is 107 cm³/mol. The highest BCUT2D eigenvalue weighted by Gasteiger charge is 2.35. The van der Waals surface area contributed by atoms with Crippen LogP contribution in [0.3, 0.4) is 0 Å². The van der Waals surface area contributed by atoms with Gasteiger partial charge in [-0.1, -0.05) is 0 Å². The lowest BCUT2D eigenvalue weighted by atomic mass is 10.2. The molecule has 0 radical (unpaired) electrons. The van der Waals surface area contributed by atoms with Gasteiger partial charge in [-0.15, -0.1) is 0 Å². The molecule has 1 aliphatic carbocycles. The van der Waals surface area contributed by atoms with Crippen molar-refractivity contribution in [1.82, 2.24) is 10.0 Å². The van der Waals surface area contributed by atoms with E-state index in [1.54, 1.807) is 19.1 Å². The summed E-state index contributed by atoms with van der Waals surface area (Å²) in [6.45, 7) is 6.56. The topological polar surface area (TPSA) is 65.3 Å². The fourth-order valence-corrected chi connectivity index (χ4v) is 3.88. The third-order valence-corrected chi connectivity index (χ3v) is 5.98. The van der Waals surface area contributed by atoms with Crippen LogP contribution in [0.5, 0.6) is 0 Å². The number of rotatable bonds is 5. The van der Waals surface area contributed by atoms with Crippen LogP contribution in [0.25, 0.3) is 0 Å². The third-order valence-electron chi connectivity index (χ3n) is 5.98. The first-order valence-electron chi connectivity index (χ1n) is 10.2. The molecule has 3 aliphatic rings. The average molecular weight is 391 g/mol. The second kappa shape index (κ2) is 7.85. The first-order chi connectivity index (χ1) is 13.4. The Balaban J connectivity index is 1.45. The first-order valence-corrected chi connectivity index (χ1v) is 10.2. The molecule has 0 aromatic heterocycles. The summed E-state index contributed by atoms with van der Waals surface area (Å²) in [4.78, 5) is 15.6. The summed E-state index contributed by atoms with van der Waals surface area (Å²) in [5.41, 5.74) is 6.93. The van der Waals surface area contributed by atoms with Crippen LogP contribution < -0.4 is 15.5 Å². The number of cyclic esters (lactones) is 1. The second-order valence-electron chi connectivity index (χ2n) is 8.25. The SMILES string of the molecule is C[C@H](N)C1CN(c2ccc(N3CCN(C)N(CC4CC4)CC3)c(F)c2)C(=O)O1. The molecule has 1 amide bonds. The number of nitrogens with zero attached hydrogens (tertiary/aromatic N) is 4. The molecule has 28 heavy (non-hydrogen) atoms. The van der Waals surface area contributed by atoms with Crippen LogP contribution in [-0.4, -0.2) is 74.6 Å². The van der Waals surface area contributed by atoms with Crippen molar-refractivity contribution in [3.63, 3.8) is 0 Å². The number of likely N-dealkylation sites (N-methyl/N-ethyl adjacent to an activating group) is 1. The van der Waals surface area contributed by atoms with Crippen LogP contribution in [-0.2, 0) is 4.74 Å². The van der Waals surface area contributed by atoms with Crippen LogP contribution >= 0.6 is 0 Å². The van der Waals surface area contributed by atoms with Gasteiger partial charge in [0.15, 0.2) is 0 Å².